The smallest absolute Gasteiger partial charge is 0.149 e. The van der Waals surface area contributed by atoms with Crippen LogP contribution in [0, 0.1) is 0 Å². The Bertz CT molecular complexity index is 3090. The average molecular weight is 822 g/mol. The number of aromatic hydroxyl groups is 1. The van der Waals surface area contributed by atoms with E-state index in [1.807, 2.05) is 12.3 Å². The fourth-order valence-corrected chi connectivity index (χ4v) is 8.65. The molecule has 0 unspecified atom stereocenters. The topological polar surface area (TPSA) is 50.9 Å². The molecule has 0 saturated carbocycles. The number of para-hydroxylation sites is 2. The van der Waals surface area contributed by atoms with Crippen LogP contribution in [0.4, 0.5) is 0 Å². The number of aromatic nitrogens is 3. The van der Waals surface area contributed by atoms with Crippen LogP contribution in [-0.2, 0) is 10.8 Å². The van der Waals surface area contributed by atoms with Gasteiger partial charge in [-0.3, -0.25) is 9.55 Å². The molecule has 9 aromatic rings. The maximum Gasteiger partial charge on any atom is 0.149 e. The van der Waals surface area contributed by atoms with Gasteiger partial charge in [-0.1, -0.05) is 177 Å². The van der Waals surface area contributed by atoms with Gasteiger partial charge in [0.1, 0.15) is 11.6 Å². The standard InChI is InChI=1S/C59H55N3O/c1-38(2)39-26-28-41(29-27-39)43-30-31-60-52(35-43)46-33-44(40-18-11-9-12-19-40)32-45(34-46)49-23-17-25-54-55(49)61-57(50-36-47(58(3,4)5)37-51(56(50)63)59(6,7)8)62(54)53-24-16-15-22-48(53)42-20-13-10-14-21-42/h9-38,63H,1-8H3. The fourth-order valence-electron chi connectivity index (χ4n) is 8.65. The maximum atomic E-state index is 12.4. The van der Waals surface area contributed by atoms with Crippen molar-refractivity contribution in [3.05, 3.63) is 193 Å². The summed E-state index contributed by atoms with van der Waals surface area (Å²) in [6.07, 6.45) is 1.92. The first-order valence-corrected chi connectivity index (χ1v) is 22.1. The summed E-state index contributed by atoms with van der Waals surface area (Å²) in [5.41, 5.74) is 16.9. The van der Waals surface area contributed by atoms with Crippen LogP contribution in [0.5, 0.6) is 5.75 Å². The first-order valence-electron chi connectivity index (χ1n) is 22.1. The molecule has 0 amide bonds. The largest absolute Gasteiger partial charge is 0.507 e. The third-order valence-electron chi connectivity index (χ3n) is 12.3. The van der Waals surface area contributed by atoms with Gasteiger partial charge in [0.2, 0.25) is 0 Å². The fraction of sp³-hybridized carbons (Fsp3) is 0.186. The van der Waals surface area contributed by atoms with Crippen LogP contribution >= 0.6 is 0 Å². The monoisotopic (exact) mass is 821 g/mol. The highest BCUT2D eigenvalue weighted by molar-refractivity contribution is 5.98. The highest BCUT2D eigenvalue weighted by atomic mass is 16.3. The van der Waals surface area contributed by atoms with E-state index in [-0.39, 0.29) is 16.6 Å². The van der Waals surface area contributed by atoms with Gasteiger partial charge < -0.3 is 5.11 Å². The molecule has 1 N–H and O–H groups in total. The van der Waals surface area contributed by atoms with Crippen LogP contribution in [-0.4, -0.2) is 19.6 Å². The van der Waals surface area contributed by atoms with Gasteiger partial charge in [0.25, 0.3) is 0 Å². The second-order valence-electron chi connectivity index (χ2n) is 19.1. The van der Waals surface area contributed by atoms with Crippen LogP contribution in [0.3, 0.4) is 0 Å². The number of pyridine rings is 1. The van der Waals surface area contributed by atoms with Crippen LogP contribution < -0.4 is 0 Å². The molecule has 63 heavy (non-hydrogen) atoms. The van der Waals surface area contributed by atoms with Gasteiger partial charge in [0.05, 0.1) is 28.0 Å². The number of hydrogen-bond donors (Lipinski definition) is 1. The van der Waals surface area contributed by atoms with Crippen molar-refractivity contribution in [3.8, 4) is 78.6 Å². The van der Waals surface area contributed by atoms with E-state index in [0.29, 0.717) is 17.3 Å². The zero-order valence-electron chi connectivity index (χ0n) is 37.6. The van der Waals surface area contributed by atoms with E-state index in [9.17, 15) is 5.11 Å². The van der Waals surface area contributed by atoms with Gasteiger partial charge in [-0.2, -0.15) is 0 Å². The van der Waals surface area contributed by atoms with Crippen molar-refractivity contribution in [1.29, 1.82) is 0 Å². The molecule has 7 aromatic carbocycles. The maximum absolute atomic E-state index is 12.4. The summed E-state index contributed by atoms with van der Waals surface area (Å²) in [6.45, 7) is 17.6. The van der Waals surface area contributed by atoms with Gasteiger partial charge in [-0.15, -0.1) is 0 Å². The number of phenols is 1. The predicted molar refractivity (Wildman–Crippen MR) is 265 cm³/mol. The van der Waals surface area contributed by atoms with Crippen LogP contribution in [0.15, 0.2) is 176 Å². The van der Waals surface area contributed by atoms with E-state index in [4.69, 9.17) is 9.97 Å². The summed E-state index contributed by atoms with van der Waals surface area (Å²) in [5.74, 6) is 1.41. The number of rotatable bonds is 8. The third kappa shape index (κ3) is 8.10. The van der Waals surface area contributed by atoms with Crippen molar-refractivity contribution in [2.45, 2.75) is 72.1 Å². The lowest BCUT2D eigenvalue weighted by Crippen LogP contribution is -2.17. The molecule has 0 atom stereocenters. The van der Waals surface area contributed by atoms with Crippen molar-refractivity contribution in [2.24, 2.45) is 0 Å². The zero-order valence-corrected chi connectivity index (χ0v) is 37.6. The van der Waals surface area contributed by atoms with Crippen LogP contribution in [0.2, 0.25) is 0 Å². The molecule has 2 heterocycles. The predicted octanol–water partition coefficient (Wildman–Crippen LogP) is 15.8. The molecular formula is C59H55N3O. The molecule has 4 nitrogen and oxygen atoms in total. The second kappa shape index (κ2) is 16.3. The molecule has 9 rings (SSSR count). The molecule has 0 fully saturated rings. The summed E-state index contributed by atoms with van der Waals surface area (Å²) in [6, 6.07) is 60.3. The Kier molecular flexibility index (Phi) is 10.7. The van der Waals surface area contributed by atoms with Gasteiger partial charge in [-0.25, -0.2) is 4.98 Å². The first-order chi connectivity index (χ1) is 30.2. The number of fused-ring (bicyclic) bond motifs is 1. The molecule has 2 aromatic heterocycles. The highest BCUT2D eigenvalue weighted by Crippen LogP contribution is 2.46. The van der Waals surface area contributed by atoms with Crippen molar-refractivity contribution < 1.29 is 5.11 Å². The number of imidazole rings is 1. The minimum absolute atomic E-state index is 0.177. The number of phenolic OH excluding ortho intramolecular Hbond substituents is 1. The van der Waals surface area contributed by atoms with E-state index in [1.165, 1.54) is 5.56 Å². The van der Waals surface area contributed by atoms with E-state index >= 15 is 0 Å². The van der Waals surface area contributed by atoms with E-state index in [1.54, 1.807) is 0 Å². The minimum atomic E-state index is -0.318. The van der Waals surface area contributed by atoms with E-state index < -0.39 is 0 Å². The van der Waals surface area contributed by atoms with Crippen molar-refractivity contribution in [2.75, 3.05) is 0 Å². The highest BCUT2D eigenvalue weighted by Gasteiger charge is 2.29. The summed E-state index contributed by atoms with van der Waals surface area (Å²) in [5, 5.41) is 12.4. The number of nitrogens with zero attached hydrogens (tertiary/aromatic N) is 3. The molecule has 0 saturated heterocycles. The zero-order chi connectivity index (χ0) is 44.0. The molecule has 0 aliphatic carbocycles. The van der Waals surface area contributed by atoms with Gasteiger partial charge in [0, 0.05) is 28.5 Å². The molecular weight excluding hydrogens is 767 g/mol. The molecule has 4 heteroatoms. The molecule has 0 bridgehead atoms. The summed E-state index contributed by atoms with van der Waals surface area (Å²) in [7, 11) is 0. The number of benzene rings is 7. The van der Waals surface area contributed by atoms with Gasteiger partial charge in [-0.05, 0) is 110 Å². The Morgan fingerprint density at radius 2 is 1.11 bits per heavy atom. The summed E-state index contributed by atoms with van der Waals surface area (Å²) >= 11 is 0. The van der Waals surface area contributed by atoms with Gasteiger partial charge in [0.15, 0.2) is 0 Å². The Morgan fingerprint density at radius 1 is 0.492 bits per heavy atom. The minimum Gasteiger partial charge on any atom is -0.507 e. The van der Waals surface area contributed by atoms with Gasteiger partial charge >= 0.3 is 0 Å². The quantitative estimate of drug-likeness (QED) is 0.166. The molecule has 0 radical (unpaired) electrons. The normalized spacial score (nSPS) is 12.0. The lowest BCUT2D eigenvalue weighted by atomic mass is 9.79. The Hall–Kier alpha value is -7.04. The Morgan fingerprint density at radius 3 is 1.79 bits per heavy atom. The van der Waals surface area contributed by atoms with Crippen LogP contribution in [0.1, 0.15) is 78.0 Å². The van der Waals surface area contributed by atoms with E-state index in [2.05, 4.69) is 224 Å². The number of hydrogen-bond acceptors (Lipinski definition) is 3. The van der Waals surface area contributed by atoms with Crippen molar-refractivity contribution in [3.63, 3.8) is 0 Å². The first kappa shape index (κ1) is 41.3. The van der Waals surface area contributed by atoms with Crippen molar-refractivity contribution in [1.82, 2.24) is 14.5 Å². The summed E-state index contributed by atoms with van der Waals surface area (Å²) < 4.78 is 2.26. The second-order valence-corrected chi connectivity index (χ2v) is 19.1. The van der Waals surface area contributed by atoms with Crippen molar-refractivity contribution >= 4 is 11.0 Å². The summed E-state index contributed by atoms with van der Waals surface area (Å²) in [4.78, 5) is 10.6. The lowest BCUT2D eigenvalue weighted by Gasteiger charge is -2.27. The molecule has 312 valence electrons. The molecule has 0 spiro atoms. The SMILES string of the molecule is CC(C)c1ccc(-c2ccnc(-c3cc(-c4ccccc4)cc(-c4cccc5c4nc(-c4cc(C(C)(C)C)cc(C(C)(C)C)c4O)n5-c4ccccc4-c4ccccc4)c3)c2)cc1. The Balaban J connectivity index is 1.32. The van der Waals surface area contributed by atoms with E-state index in [0.717, 1.165) is 83.6 Å². The lowest BCUT2D eigenvalue weighted by molar-refractivity contribution is 0.446. The molecule has 0 aliphatic rings. The Labute approximate surface area is 372 Å². The molecule has 0 aliphatic heterocycles. The average Bonchev–Trinajstić information content (AvgIpc) is 3.68. The third-order valence-corrected chi connectivity index (χ3v) is 12.3. The van der Waals surface area contributed by atoms with Crippen LogP contribution in [0.25, 0.3) is 83.9 Å².